The van der Waals surface area contributed by atoms with Crippen molar-refractivity contribution in [3.63, 3.8) is 0 Å². The Morgan fingerprint density at radius 1 is 1.11 bits per heavy atom. The molecule has 28 heavy (non-hydrogen) atoms. The molecule has 1 fully saturated rings. The molecule has 1 amide bonds. The van der Waals surface area contributed by atoms with E-state index in [9.17, 15) is 4.79 Å². The molecular weight excluding hydrogens is 352 g/mol. The van der Waals surface area contributed by atoms with Crippen LogP contribution in [0.1, 0.15) is 44.1 Å². The van der Waals surface area contributed by atoms with Crippen LogP contribution in [-0.4, -0.2) is 35.2 Å². The van der Waals surface area contributed by atoms with Crippen LogP contribution in [0.3, 0.4) is 0 Å². The van der Waals surface area contributed by atoms with Crippen LogP contribution >= 0.6 is 0 Å². The highest BCUT2D eigenvalue weighted by atomic mass is 16.6. The Balaban J connectivity index is 1.48. The second-order valence-corrected chi connectivity index (χ2v) is 7.79. The number of likely N-dealkylation sites (tertiary alicyclic amines) is 1. The van der Waals surface area contributed by atoms with Crippen LogP contribution in [-0.2, 0) is 4.74 Å². The van der Waals surface area contributed by atoms with Crippen LogP contribution in [0.2, 0.25) is 0 Å². The normalized spacial score (nSPS) is 15.4. The van der Waals surface area contributed by atoms with Gasteiger partial charge in [0.2, 0.25) is 0 Å². The van der Waals surface area contributed by atoms with Gasteiger partial charge in [0, 0.05) is 19.0 Å². The number of hydrogen-bond acceptors (Lipinski definition) is 4. The fourth-order valence-corrected chi connectivity index (χ4v) is 3.63. The van der Waals surface area contributed by atoms with Crippen LogP contribution < -0.4 is 0 Å². The summed E-state index contributed by atoms with van der Waals surface area (Å²) in [5, 5.41) is 0. The molecule has 0 atom stereocenters. The number of aromatic nitrogens is 1. The molecule has 5 nitrogen and oxygen atoms in total. The number of oxazole rings is 1. The Kier molecular flexibility index (Phi) is 5.07. The first kappa shape index (κ1) is 18.5. The highest BCUT2D eigenvalue weighted by Crippen LogP contribution is 2.32. The fourth-order valence-electron chi connectivity index (χ4n) is 3.63. The molecule has 1 aliphatic rings. The summed E-state index contributed by atoms with van der Waals surface area (Å²) in [6, 6.07) is 14.6. The van der Waals surface area contributed by atoms with Crippen molar-refractivity contribution >= 4 is 17.2 Å². The summed E-state index contributed by atoms with van der Waals surface area (Å²) in [7, 11) is 0. The van der Waals surface area contributed by atoms with Crippen molar-refractivity contribution < 1.29 is 13.9 Å². The van der Waals surface area contributed by atoms with Gasteiger partial charge in [-0.2, -0.15) is 0 Å². The Morgan fingerprint density at radius 3 is 2.46 bits per heavy atom. The second kappa shape index (κ2) is 7.66. The highest BCUT2D eigenvalue weighted by molar-refractivity contribution is 5.80. The van der Waals surface area contributed by atoms with Crippen molar-refractivity contribution in [3.8, 4) is 11.1 Å². The summed E-state index contributed by atoms with van der Waals surface area (Å²) in [5.74, 6) is 1.01. The van der Waals surface area contributed by atoms with Gasteiger partial charge in [-0.25, -0.2) is 9.78 Å². The van der Waals surface area contributed by atoms with Crippen LogP contribution in [0.25, 0.3) is 22.2 Å². The van der Waals surface area contributed by atoms with Crippen LogP contribution in [0.5, 0.6) is 0 Å². The first-order chi connectivity index (χ1) is 13.5. The average molecular weight is 378 g/mol. The van der Waals surface area contributed by atoms with E-state index in [1.54, 1.807) is 4.90 Å². The molecular formula is C23H26N2O3. The van der Waals surface area contributed by atoms with E-state index >= 15 is 0 Å². The molecule has 0 N–H and O–H groups in total. The topological polar surface area (TPSA) is 55.6 Å². The van der Waals surface area contributed by atoms with E-state index < -0.39 is 0 Å². The molecule has 5 heteroatoms. The smallest absolute Gasteiger partial charge is 0.410 e. The Hall–Kier alpha value is -2.82. The molecule has 0 aliphatic carbocycles. The minimum absolute atomic E-state index is 0.0926. The first-order valence-electron chi connectivity index (χ1n) is 9.92. The third-order valence-corrected chi connectivity index (χ3v) is 5.23. The number of benzene rings is 2. The number of aryl methyl sites for hydroxylation is 1. The molecule has 3 aromatic rings. The SMILES string of the molecule is Cc1ccc(-c2ccc3oc(C4CCN(C(=O)OC(C)C)CC4)nc3c2)cc1. The van der Waals surface area contributed by atoms with Gasteiger partial charge >= 0.3 is 6.09 Å². The number of hydrogen-bond donors (Lipinski definition) is 0. The van der Waals surface area contributed by atoms with Gasteiger partial charge in [-0.3, -0.25) is 0 Å². The molecule has 1 aliphatic heterocycles. The third-order valence-electron chi connectivity index (χ3n) is 5.23. The lowest BCUT2D eigenvalue weighted by Gasteiger charge is -2.30. The number of piperidine rings is 1. The van der Waals surface area contributed by atoms with Crippen molar-refractivity contribution in [3.05, 3.63) is 53.9 Å². The lowest BCUT2D eigenvalue weighted by Crippen LogP contribution is -2.39. The Labute approximate surface area is 165 Å². The monoisotopic (exact) mass is 378 g/mol. The summed E-state index contributed by atoms with van der Waals surface area (Å²) in [6.45, 7) is 7.17. The molecule has 2 aromatic carbocycles. The molecule has 0 spiro atoms. The minimum Gasteiger partial charge on any atom is -0.447 e. The van der Waals surface area contributed by atoms with E-state index in [0.29, 0.717) is 13.1 Å². The van der Waals surface area contributed by atoms with Crippen molar-refractivity contribution in [2.45, 2.75) is 45.6 Å². The predicted octanol–water partition coefficient (Wildman–Crippen LogP) is 5.53. The van der Waals surface area contributed by atoms with E-state index in [-0.39, 0.29) is 18.1 Å². The maximum absolute atomic E-state index is 12.1. The van der Waals surface area contributed by atoms with Gasteiger partial charge in [-0.1, -0.05) is 35.9 Å². The average Bonchev–Trinajstić information content (AvgIpc) is 3.11. The second-order valence-electron chi connectivity index (χ2n) is 7.79. The number of carbonyl (C=O) groups is 1. The van der Waals surface area contributed by atoms with Gasteiger partial charge in [-0.15, -0.1) is 0 Å². The van der Waals surface area contributed by atoms with Gasteiger partial charge in [0.15, 0.2) is 11.5 Å². The zero-order valence-electron chi connectivity index (χ0n) is 16.6. The zero-order chi connectivity index (χ0) is 19.7. The predicted molar refractivity (Wildman–Crippen MR) is 109 cm³/mol. The van der Waals surface area contributed by atoms with E-state index in [4.69, 9.17) is 14.1 Å². The number of ether oxygens (including phenoxy) is 1. The number of fused-ring (bicyclic) bond motifs is 1. The highest BCUT2D eigenvalue weighted by Gasteiger charge is 2.28. The third kappa shape index (κ3) is 3.88. The van der Waals surface area contributed by atoms with E-state index in [2.05, 4.69) is 43.3 Å². The fraction of sp³-hybridized carbons (Fsp3) is 0.391. The summed E-state index contributed by atoms with van der Waals surface area (Å²) in [4.78, 5) is 18.6. The lowest BCUT2D eigenvalue weighted by atomic mass is 9.97. The molecule has 0 unspecified atom stereocenters. The van der Waals surface area contributed by atoms with Crippen LogP contribution in [0, 0.1) is 6.92 Å². The molecule has 1 aromatic heterocycles. The van der Waals surface area contributed by atoms with Crippen molar-refractivity contribution in [2.75, 3.05) is 13.1 Å². The summed E-state index contributed by atoms with van der Waals surface area (Å²) in [6.07, 6.45) is 1.36. The van der Waals surface area contributed by atoms with Crippen molar-refractivity contribution in [2.24, 2.45) is 0 Å². The summed E-state index contributed by atoms with van der Waals surface area (Å²) >= 11 is 0. The minimum atomic E-state index is -0.228. The van der Waals surface area contributed by atoms with Gasteiger partial charge in [0.05, 0.1) is 6.10 Å². The van der Waals surface area contributed by atoms with E-state index in [1.807, 2.05) is 19.9 Å². The molecule has 1 saturated heterocycles. The van der Waals surface area contributed by atoms with E-state index in [0.717, 1.165) is 35.4 Å². The lowest BCUT2D eigenvalue weighted by molar-refractivity contribution is 0.0681. The molecule has 4 rings (SSSR count). The van der Waals surface area contributed by atoms with Crippen LogP contribution in [0.15, 0.2) is 46.9 Å². The number of rotatable bonds is 3. The van der Waals surface area contributed by atoms with Gasteiger partial charge in [-0.05, 0) is 56.9 Å². The molecule has 0 radical (unpaired) electrons. The maximum Gasteiger partial charge on any atom is 0.410 e. The van der Waals surface area contributed by atoms with Crippen molar-refractivity contribution in [1.29, 1.82) is 0 Å². The van der Waals surface area contributed by atoms with Crippen molar-refractivity contribution in [1.82, 2.24) is 9.88 Å². The van der Waals surface area contributed by atoms with Gasteiger partial charge in [0.25, 0.3) is 0 Å². The quantitative estimate of drug-likeness (QED) is 0.601. The van der Waals surface area contributed by atoms with Crippen LogP contribution in [0.4, 0.5) is 4.79 Å². The summed E-state index contributed by atoms with van der Waals surface area (Å²) < 4.78 is 11.3. The van der Waals surface area contributed by atoms with Gasteiger partial charge < -0.3 is 14.1 Å². The van der Waals surface area contributed by atoms with E-state index in [1.165, 1.54) is 11.1 Å². The first-order valence-corrected chi connectivity index (χ1v) is 9.92. The molecule has 0 bridgehead atoms. The maximum atomic E-state index is 12.1. The standard InChI is InChI=1S/C23H26N2O3/c1-15(2)27-23(26)25-12-10-18(11-13-25)22-24-20-14-19(8-9-21(20)28-22)17-6-4-16(3)5-7-17/h4-9,14-15,18H,10-13H2,1-3H3. The molecule has 0 saturated carbocycles. The zero-order valence-corrected chi connectivity index (χ0v) is 16.6. The number of carbonyl (C=O) groups excluding carboxylic acids is 1. The number of nitrogens with zero attached hydrogens (tertiary/aromatic N) is 2. The summed E-state index contributed by atoms with van der Waals surface area (Å²) in [5.41, 5.74) is 5.26. The molecule has 146 valence electrons. The van der Waals surface area contributed by atoms with Gasteiger partial charge in [0.1, 0.15) is 5.52 Å². The number of amides is 1. The largest absolute Gasteiger partial charge is 0.447 e. The molecule has 2 heterocycles. The Morgan fingerprint density at radius 2 is 1.79 bits per heavy atom. The Bertz CT molecular complexity index is 967.